The molecular weight excluding hydrogens is 410 g/mol. The highest BCUT2D eigenvalue weighted by Crippen LogP contribution is 2.37. The van der Waals surface area contributed by atoms with E-state index in [1.165, 1.54) is 13.3 Å². The average Bonchev–Trinajstić information content (AvgIpc) is 3.52. The number of nitrogens with zero attached hydrogens (tertiary/aromatic N) is 3. The monoisotopic (exact) mass is 439 g/mol. The predicted molar refractivity (Wildman–Crippen MR) is 108 cm³/mol. The molecule has 2 aliphatic rings. The standard InChI is InChI=1S/C20H29N3O6S/c1-19(2,3)29-18(25)23-11-8-20(9-12-23,17(24)28-4)15-7-10-21-16(22-15)13-30(26,27)14-5-6-14/h7,10,14H,5-6,8-9,11-13H2,1-4H3. The number of methoxy groups -OCH3 is 1. The Morgan fingerprint density at radius 3 is 2.40 bits per heavy atom. The first kappa shape index (κ1) is 22.5. The van der Waals surface area contributed by atoms with E-state index in [1.54, 1.807) is 31.7 Å². The van der Waals surface area contributed by atoms with E-state index in [0.29, 0.717) is 44.5 Å². The number of aromatic nitrogens is 2. The number of esters is 1. The molecule has 0 aromatic carbocycles. The minimum absolute atomic E-state index is 0.178. The molecule has 1 aromatic heterocycles. The van der Waals surface area contributed by atoms with Crippen molar-refractivity contribution < 1.29 is 27.5 Å². The lowest BCUT2D eigenvalue weighted by Crippen LogP contribution is -2.50. The minimum atomic E-state index is -3.28. The van der Waals surface area contributed by atoms with Gasteiger partial charge < -0.3 is 14.4 Å². The Morgan fingerprint density at radius 2 is 1.87 bits per heavy atom. The molecule has 1 saturated carbocycles. The maximum Gasteiger partial charge on any atom is 0.410 e. The molecule has 1 aliphatic heterocycles. The van der Waals surface area contributed by atoms with Gasteiger partial charge in [0.2, 0.25) is 0 Å². The highest BCUT2D eigenvalue weighted by molar-refractivity contribution is 7.91. The smallest absolute Gasteiger partial charge is 0.410 e. The van der Waals surface area contributed by atoms with Crippen LogP contribution in [0.5, 0.6) is 0 Å². The largest absolute Gasteiger partial charge is 0.468 e. The summed E-state index contributed by atoms with van der Waals surface area (Å²) < 4.78 is 35.1. The van der Waals surface area contributed by atoms with E-state index in [9.17, 15) is 18.0 Å². The van der Waals surface area contributed by atoms with Crippen LogP contribution in [-0.4, -0.2) is 66.4 Å². The quantitative estimate of drug-likeness (QED) is 0.640. The maximum atomic E-state index is 12.8. The third-order valence-electron chi connectivity index (χ3n) is 5.40. The zero-order valence-electron chi connectivity index (χ0n) is 17.9. The number of carbonyl (C=O) groups is 2. The number of amides is 1. The summed E-state index contributed by atoms with van der Waals surface area (Å²) in [6.07, 6.45) is 2.99. The lowest BCUT2D eigenvalue weighted by Gasteiger charge is -2.39. The SMILES string of the molecule is COC(=O)C1(c2ccnc(CS(=O)(=O)C3CC3)n2)CCN(C(=O)OC(C)(C)C)CC1. The van der Waals surface area contributed by atoms with Crippen LogP contribution in [0.25, 0.3) is 0 Å². The van der Waals surface area contributed by atoms with Crippen molar-refractivity contribution in [3.63, 3.8) is 0 Å². The summed E-state index contributed by atoms with van der Waals surface area (Å²) in [7, 11) is -1.97. The number of piperidine rings is 1. The third-order valence-corrected chi connectivity index (χ3v) is 7.55. The maximum absolute atomic E-state index is 12.8. The normalized spacial score (nSPS) is 19.3. The summed E-state index contributed by atoms with van der Waals surface area (Å²) in [5.41, 5.74) is -1.24. The van der Waals surface area contributed by atoms with Gasteiger partial charge in [0, 0.05) is 19.3 Å². The van der Waals surface area contributed by atoms with Crippen LogP contribution in [0.2, 0.25) is 0 Å². The molecule has 0 atom stereocenters. The Kier molecular flexibility index (Phi) is 6.08. The number of hydrogen-bond acceptors (Lipinski definition) is 8. The molecule has 166 valence electrons. The molecule has 1 aliphatic carbocycles. The van der Waals surface area contributed by atoms with E-state index in [2.05, 4.69) is 9.97 Å². The number of likely N-dealkylation sites (tertiary alicyclic amines) is 1. The molecule has 1 amide bonds. The van der Waals surface area contributed by atoms with E-state index in [4.69, 9.17) is 9.47 Å². The Hall–Kier alpha value is -2.23. The van der Waals surface area contributed by atoms with Crippen molar-refractivity contribution in [3.05, 3.63) is 23.8 Å². The summed E-state index contributed by atoms with van der Waals surface area (Å²) in [6, 6.07) is 1.62. The van der Waals surface area contributed by atoms with Crippen LogP contribution in [0.1, 0.15) is 58.0 Å². The zero-order valence-corrected chi connectivity index (χ0v) is 18.7. The van der Waals surface area contributed by atoms with E-state index in [0.717, 1.165) is 0 Å². The van der Waals surface area contributed by atoms with Gasteiger partial charge in [-0.1, -0.05) is 0 Å². The fraction of sp³-hybridized carbons (Fsp3) is 0.700. The molecular formula is C20H29N3O6S. The van der Waals surface area contributed by atoms with Gasteiger partial charge in [-0.15, -0.1) is 0 Å². The molecule has 0 bridgehead atoms. The predicted octanol–water partition coefficient (Wildman–Crippen LogP) is 2.00. The van der Waals surface area contributed by atoms with E-state index >= 15 is 0 Å². The van der Waals surface area contributed by atoms with Gasteiger partial charge >= 0.3 is 12.1 Å². The van der Waals surface area contributed by atoms with Crippen LogP contribution < -0.4 is 0 Å². The first-order valence-electron chi connectivity index (χ1n) is 10.1. The van der Waals surface area contributed by atoms with Crippen molar-refractivity contribution >= 4 is 21.9 Å². The van der Waals surface area contributed by atoms with Crippen LogP contribution in [0.3, 0.4) is 0 Å². The Morgan fingerprint density at radius 1 is 1.23 bits per heavy atom. The lowest BCUT2D eigenvalue weighted by atomic mass is 9.75. The Balaban J connectivity index is 1.81. The van der Waals surface area contributed by atoms with Gasteiger partial charge in [-0.3, -0.25) is 4.79 Å². The van der Waals surface area contributed by atoms with Gasteiger partial charge in [-0.25, -0.2) is 23.2 Å². The van der Waals surface area contributed by atoms with E-state index < -0.39 is 32.9 Å². The molecule has 0 spiro atoms. The van der Waals surface area contributed by atoms with Crippen LogP contribution in [0.4, 0.5) is 4.79 Å². The Labute approximate surface area is 177 Å². The second-order valence-corrected chi connectivity index (χ2v) is 11.2. The Bertz CT molecular complexity index is 913. The fourth-order valence-electron chi connectivity index (χ4n) is 3.62. The van der Waals surface area contributed by atoms with Gasteiger partial charge in [0.15, 0.2) is 9.84 Å². The molecule has 2 fully saturated rings. The number of hydrogen-bond donors (Lipinski definition) is 0. The zero-order chi connectivity index (χ0) is 22.2. The first-order valence-corrected chi connectivity index (χ1v) is 11.8. The van der Waals surface area contributed by atoms with Gasteiger partial charge in [-0.05, 0) is 52.5 Å². The highest BCUT2D eigenvalue weighted by atomic mass is 32.2. The van der Waals surface area contributed by atoms with Gasteiger partial charge in [0.25, 0.3) is 0 Å². The van der Waals surface area contributed by atoms with Crippen LogP contribution in [0.15, 0.2) is 12.3 Å². The molecule has 0 unspecified atom stereocenters. The van der Waals surface area contributed by atoms with E-state index in [-0.39, 0.29) is 16.8 Å². The number of rotatable bonds is 5. The third kappa shape index (κ3) is 4.91. The summed E-state index contributed by atoms with van der Waals surface area (Å²) in [6.45, 7) is 5.98. The topological polar surface area (TPSA) is 116 Å². The van der Waals surface area contributed by atoms with Crippen LogP contribution in [0, 0.1) is 0 Å². The molecule has 30 heavy (non-hydrogen) atoms. The second kappa shape index (κ2) is 8.13. The average molecular weight is 440 g/mol. The summed E-state index contributed by atoms with van der Waals surface area (Å²) in [5.74, 6) is -0.523. The molecule has 9 nitrogen and oxygen atoms in total. The molecule has 1 saturated heterocycles. The summed E-state index contributed by atoms with van der Waals surface area (Å²) in [4.78, 5) is 35.3. The van der Waals surface area contributed by atoms with Crippen molar-refractivity contribution in [2.75, 3.05) is 20.2 Å². The van der Waals surface area contributed by atoms with Crippen molar-refractivity contribution in [2.24, 2.45) is 0 Å². The first-order chi connectivity index (χ1) is 14.0. The lowest BCUT2D eigenvalue weighted by molar-refractivity contribution is -0.150. The van der Waals surface area contributed by atoms with Crippen LogP contribution >= 0.6 is 0 Å². The van der Waals surface area contributed by atoms with Crippen molar-refractivity contribution in [1.82, 2.24) is 14.9 Å². The van der Waals surface area contributed by atoms with E-state index in [1.807, 2.05) is 0 Å². The summed E-state index contributed by atoms with van der Waals surface area (Å²) in [5, 5.41) is -0.309. The number of ether oxygens (including phenoxy) is 2. The molecule has 1 aromatic rings. The molecule has 0 radical (unpaired) electrons. The summed E-state index contributed by atoms with van der Waals surface area (Å²) >= 11 is 0. The van der Waals surface area contributed by atoms with Gasteiger partial charge in [0.1, 0.15) is 22.6 Å². The molecule has 2 heterocycles. The number of sulfone groups is 1. The fourth-order valence-corrected chi connectivity index (χ4v) is 5.21. The molecule has 3 rings (SSSR count). The molecule has 0 N–H and O–H groups in total. The van der Waals surface area contributed by atoms with Gasteiger partial charge in [0.05, 0.1) is 18.1 Å². The van der Waals surface area contributed by atoms with Gasteiger partial charge in [-0.2, -0.15) is 0 Å². The van der Waals surface area contributed by atoms with Crippen molar-refractivity contribution in [2.45, 2.75) is 68.5 Å². The van der Waals surface area contributed by atoms with Crippen molar-refractivity contribution in [1.29, 1.82) is 0 Å². The van der Waals surface area contributed by atoms with Crippen LogP contribution in [-0.2, 0) is 35.3 Å². The minimum Gasteiger partial charge on any atom is -0.468 e. The molecule has 10 heteroatoms. The second-order valence-electron chi connectivity index (χ2n) is 8.91. The van der Waals surface area contributed by atoms with Crippen molar-refractivity contribution in [3.8, 4) is 0 Å². The highest BCUT2D eigenvalue weighted by Gasteiger charge is 2.47. The number of carbonyl (C=O) groups excluding carboxylic acids is 2.